The Bertz CT molecular complexity index is 910. The van der Waals surface area contributed by atoms with Crippen molar-refractivity contribution < 1.29 is 14.1 Å². The van der Waals surface area contributed by atoms with E-state index in [0.29, 0.717) is 17.5 Å². The van der Waals surface area contributed by atoms with Crippen molar-refractivity contribution in [3.05, 3.63) is 59.4 Å². The number of aromatic nitrogens is 2. The highest BCUT2D eigenvalue weighted by Crippen LogP contribution is 2.22. The topological polar surface area (TPSA) is 77.2 Å². The molecule has 0 fully saturated rings. The maximum atomic E-state index is 12.1. The first-order chi connectivity index (χ1) is 12.9. The number of hydrogen-bond donors (Lipinski definition) is 1. The molecule has 0 atom stereocenters. The molecule has 6 nitrogen and oxygen atoms in total. The van der Waals surface area contributed by atoms with Gasteiger partial charge in [-0.25, -0.2) is 0 Å². The second kappa shape index (κ2) is 8.03. The van der Waals surface area contributed by atoms with Crippen LogP contribution in [-0.4, -0.2) is 22.7 Å². The average molecular weight is 365 g/mol. The van der Waals surface area contributed by atoms with E-state index in [2.05, 4.69) is 21.5 Å². The van der Waals surface area contributed by atoms with Crippen molar-refractivity contribution in [1.29, 1.82) is 0 Å². The molecule has 2 aromatic carbocycles. The van der Waals surface area contributed by atoms with Gasteiger partial charge in [-0.3, -0.25) is 4.79 Å². The van der Waals surface area contributed by atoms with Gasteiger partial charge in [0, 0.05) is 17.2 Å². The number of nitrogens with one attached hydrogen (secondary N) is 1. The lowest BCUT2D eigenvalue weighted by molar-refractivity contribution is -0.118. The number of amides is 1. The zero-order valence-electron chi connectivity index (χ0n) is 15.9. The van der Waals surface area contributed by atoms with Gasteiger partial charge in [0.15, 0.2) is 12.4 Å². The van der Waals surface area contributed by atoms with Crippen LogP contribution in [-0.2, 0) is 4.79 Å². The van der Waals surface area contributed by atoms with E-state index in [0.717, 1.165) is 22.4 Å². The van der Waals surface area contributed by atoms with Crippen LogP contribution in [0.1, 0.15) is 36.7 Å². The lowest BCUT2D eigenvalue weighted by atomic mass is 10.1. The highest BCUT2D eigenvalue weighted by Gasteiger charge is 2.11. The molecule has 0 aliphatic heterocycles. The molecule has 1 aromatic heterocycles. The third-order valence-electron chi connectivity index (χ3n) is 3.93. The summed E-state index contributed by atoms with van der Waals surface area (Å²) in [5, 5.41) is 6.80. The molecule has 3 rings (SSSR count). The summed E-state index contributed by atoms with van der Waals surface area (Å²) in [6.07, 6.45) is 0. The summed E-state index contributed by atoms with van der Waals surface area (Å²) in [4.78, 5) is 16.5. The quantitative estimate of drug-likeness (QED) is 0.696. The van der Waals surface area contributed by atoms with E-state index in [1.54, 1.807) is 12.1 Å². The van der Waals surface area contributed by atoms with Gasteiger partial charge in [0.25, 0.3) is 11.8 Å². The third-order valence-corrected chi connectivity index (χ3v) is 3.93. The van der Waals surface area contributed by atoms with Crippen LogP contribution in [0.4, 0.5) is 5.69 Å². The Morgan fingerprint density at radius 1 is 1.11 bits per heavy atom. The van der Waals surface area contributed by atoms with Crippen molar-refractivity contribution >= 4 is 11.6 Å². The summed E-state index contributed by atoms with van der Waals surface area (Å²) < 4.78 is 10.8. The standard InChI is InChI=1S/C21H23N3O3/c1-13(2)20-23-21(27-24-20)16-5-7-18(8-6-16)26-12-19(25)22-17-10-14(3)9-15(4)11-17/h5-11,13H,12H2,1-4H3,(H,22,25). The van der Waals surface area contributed by atoms with Gasteiger partial charge in [0.2, 0.25) is 0 Å². The Morgan fingerprint density at radius 2 is 1.78 bits per heavy atom. The van der Waals surface area contributed by atoms with E-state index in [9.17, 15) is 4.79 Å². The minimum absolute atomic E-state index is 0.0651. The number of carbonyl (C=O) groups is 1. The van der Waals surface area contributed by atoms with Crippen LogP contribution in [0.25, 0.3) is 11.5 Å². The smallest absolute Gasteiger partial charge is 0.262 e. The summed E-state index contributed by atoms with van der Waals surface area (Å²) in [5.74, 6) is 1.74. The highest BCUT2D eigenvalue weighted by atomic mass is 16.5. The molecule has 6 heteroatoms. The van der Waals surface area contributed by atoms with Crippen molar-refractivity contribution in [2.24, 2.45) is 0 Å². The Labute approximate surface area is 158 Å². The molecule has 0 spiro atoms. The maximum Gasteiger partial charge on any atom is 0.262 e. The number of aryl methyl sites for hydroxylation is 2. The van der Waals surface area contributed by atoms with E-state index in [4.69, 9.17) is 9.26 Å². The lowest BCUT2D eigenvalue weighted by Gasteiger charge is -2.09. The van der Waals surface area contributed by atoms with Gasteiger partial charge < -0.3 is 14.6 Å². The van der Waals surface area contributed by atoms with Gasteiger partial charge in [0.05, 0.1) is 0 Å². The van der Waals surface area contributed by atoms with E-state index in [1.807, 2.05) is 52.0 Å². The number of rotatable bonds is 6. The molecule has 0 unspecified atom stereocenters. The molecular weight excluding hydrogens is 342 g/mol. The third kappa shape index (κ3) is 4.94. The minimum Gasteiger partial charge on any atom is -0.484 e. The van der Waals surface area contributed by atoms with Gasteiger partial charge in [-0.05, 0) is 61.4 Å². The zero-order valence-corrected chi connectivity index (χ0v) is 15.9. The molecule has 0 aliphatic rings. The van der Waals surface area contributed by atoms with Crippen LogP contribution >= 0.6 is 0 Å². The molecular formula is C21H23N3O3. The number of ether oxygens (including phenoxy) is 1. The van der Waals surface area contributed by atoms with Crippen LogP contribution < -0.4 is 10.1 Å². The summed E-state index contributed by atoms with van der Waals surface area (Å²) in [7, 11) is 0. The first kappa shape index (κ1) is 18.6. The number of carbonyl (C=O) groups excluding carboxylic acids is 1. The van der Waals surface area contributed by atoms with E-state index >= 15 is 0 Å². The van der Waals surface area contributed by atoms with Gasteiger partial charge in [0.1, 0.15) is 5.75 Å². The Kier molecular flexibility index (Phi) is 5.54. The summed E-state index contributed by atoms with van der Waals surface area (Å²) in [6.45, 7) is 7.94. The Morgan fingerprint density at radius 3 is 2.37 bits per heavy atom. The average Bonchev–Trinajstić information content (AvgIpc) is 3.10. The molecule has 0 radical (unpaired) electrons. The molecule has 27 heavy (non-hydrogen) atoms. The van der Waals surface area contributed by atoms with E-state index < -0.39 is 0 Å². The molecule has 140 valence electrons. The SMILES string of the molecule is Cc1cc(C)cc(NC(=O)COc2ccc(-c3nc(C(C)C)no3)cc2)c1. The van der Waals surface area contributed by atoms with Gasteiger partial charge in [-0.2, -0.15) is 4.98 Å². The van der Waals surface area contributed by atoms with Gasteiger partial charge in [-0.1, -0.05) is 25.1 Å². The molecule has 1 amide bonds. The predicted molar refractivity (Wildman–Crippen MR) is 104 cm³/mol. The van der Waals surface area contributed by atoms with Crippen molar-refractivity contribution in [1.82, 2.24) is 10.1 Å². The van der Waals surface area contributed by atoms with Crippen molar-refractivity contribution in [3.63, 3.8) is 0 Å². The van der Waals surface area contributed by atoms with E-state index in [-0.39, 0.29) is 18.4 Å². The molecule has 0 aliphatic carbocycles. The summed E-state index contributed by atoms with van der Waals surface area (Å²) in [5.41, 5.74) is 3.78. The summed E-state index contributed by atoms with van der Waals surface area (Å²) >= 11 is 0. The second-order valence-corrected chi connectivity index (χ2v) is 6.85. The van der Waals surface area contributed by atoms with Crippen LogP contribution in [0.15, 0.2) is 47.0 Å². The van der Waals surface area contributed by atoms with E-state index in [1.165, 1.54) is 0 Å². The molecule has 0 bridgehead atoms. The van der Waals surface area contributed by atoms with Gasteiger partial charge >= 0.3 is 0 Å². The monoisotopic (exact) mass is 365 g/mol. The van der Waals surface area contributed by atoms with Crippen molar-refractivity contribution in [3.8, 4) is 17.2 Å². The van der Waals surface area contributed by atoms with Crippen LogP contribution in [0.2, 0.25) is 0 Å². The maximum absolute atomic E-state index is 12.1. The molecule has 1 heterocycles. The van der Waals surface area contributed by atoms with Gasteiger partial charge in [-0.15, -0.1) is 0 Å². The second-order valence-electron chi connectivity index (χ2n) is 6.85. The van der Waals surface area contributed by atoms with Crippen LogP contribution in [0, 0.1) is 13.8 Å². The highest BCUT2D eigenvalue weighted by molar-refractivity contribution is 5.92. The molecule has 3 aromatic rings. The number of anilines is 1. The Hall–Kier alpha value is -3.15. The predicted octanol–water partition coefficient (Wildman–Crippen LogP) is 4.49. The molecule has 0 saturated carbocycles. The number of benzene rings is 2. The normalized spacial score (nSPS) is 10.9. The molecule has 0 saturated heterocycles. The number of nitrogens with zero attached hydrogens (tertiary/aromatic N) is 2. The zero-order chi connectivity index (χ0) is 19.4. The first-order valence-corrected chi connectivity index (χ1v) is 8.85. The largest absolute Gasteiger partial charge is 0.484 e. The fourth-order valence-corrected chi connectivity index (χ4v) is 2.67. The van der Waals surface area contributed by atoms with Crippen molar-refractivity contribution in [2.75, 3.05) is 11.9 Å². The Balaban J connectivity index is 1.57. The first-order valence-electron chi connectivity index (χ1n) is 8.85. The summed E-state index contributed by atoms with van der Waals surface area (Å²) in [6, 6.07) is 13.1. The minimum atomic E-state index is -0.206. The molecule has 1 N–H and O–H groups in total. The van der Waals surface area contributed by atoms with Crippen LogP contribution in [0.3, 0.4) is 0 Å². The fourth-order valence-electron chi connectivity index (χ4n) is 2.67. The van der Waals surface area contributed by atoms with Crippen molar-refractivity contribution in [2.45, 2.75) is 33.6 Å². The van der Waals surface area contributed by atoms with Crippen LogP contribution in [0.5, 0.6) is 5.75 Å². The number of hydrogen-bond acceptors (Lipinski definition) is 5. The fraction of sp³-hybridized carbons (Fsp3) is 0.286. The lowest BCUT2D eigenvalue weighted by Crippen LogP contribution is -2.20.